The number of hydrogen-bond donors (Lipinski definition) is 0. The van der Waals surface area contributed by atoms with Crippen molar-refractivity contribution < 1.29 is 9.13 Å². The van der Waals surface area contributed by atoms with Gasteiger partial charge in [0, 0.05) is 11.9 Å². The summed E-state index contributed by atoms with van der Waals surface area (Å²) in [6.07, 6.45) is 0. The zero-order valence-corrected chi connectivity index (χ0v) is 11.1. The van der Waals surface area contributed by atoms with Gasteiger partial charge in [-0.2, -0.15) is 0 Å². The summed E-state index contributed by atoms with van der Waals surface area (Å²) in [4.78, 5) is 0. The first-order valence-electron chi connectivity index (χ1n) is 5.69. The van der Waals surface area contributed by atoms with E-state index in [1.165, 1.54) is 17.7 Å². The number of hydrogen-bond acceptors (Lipinski definition) is 1. The van der Waals surface area contributed by atoms with E-state index < -0.39 is 0 Å². The van der Waals surface area contributed by atoms with Crippen molar-refractivity contribution in [3.63, 3.8) is 0 Å². The van der Waals surface area contributed by atoms with Crippen molar-refractivity contribution in [2.75, 3.05) is 0 Å². The summed E-state index contributed by atoms with van der Waals surface area (Å²) in [6, 6.07) is 10.3. The summed E-state index contributed by atoms with van der Waals surface area (Å²) in [6.45, 7) is 4.05. The van der Waals surface area contributed by atoms with Gasteiger partial charge in [0.25, 0.3) is 0 Å². The van der Waals surface area contributed by atoms with Crippen LogP contribution in [0.5, 0.6) is 11.5 Å². The van der Waals surface area contributed by atoms with Crippen molar-refractivity contribution in [2.24, 2.45) is 0 Å². The maximum Gasteiger partial charge on any atom is 0.130 e. The van der Waals surface area contributed by atoms with E-state index in [0.29, 0.717) is 17.1 Å². The molecule has 0 aromatic heterocycles. The summed E-state index contributed by atoms with van der Waals surface area (Å²) in [5.74, 6) is 1.09. The Balaban J connectivity index is 2.27. The quantitative estimate of drug-likeness (QED) is 0.711. The highest BCUT2D eigenvalue weighted by Crippen LogP contribution is 2.25. The first-order valence-corrected chi connectivity index (χ1v) is 6.22. The zero-order valence-electron chi connectivity index (χ0n) is 10.3. The lowest BCUT2D eigenvalue weighted by Crippen LogP contribution is -1.90. The van der Waals surface area contributed by atoms with E-state index in [1.807, 2.05) is 32.0 Å². The van der Waals surface area contributed by atoms with Gasteiger partial charge in [-0.3, -0.25) is 0 Å². The molecule has 0 saturated carbocycles. The summed E-state index contributed by atoms with van der Waals surface area (Å²) in [7, 11) is 0. The monoisotopic (exact) mass is 264 g/mol. The van der Waals surface area contributed by atoms with Crippen molar-refractivity contribution in [1.29, 1.82) is 0 Å². The summed E-state index contributed by atoms with van der Waals surface area (Å²) < 4.78 is 19.0. The first-order chi connectivity index (χ1) is 8.58. The second-order valence-electron chi connectivity index (χ2n) is 4.28. The van der Waals surface area contributed by atoms with Gasteiger partial charge in [0.2, 0.25) is 0 Å². The van der Waals surface area contributed by atoms with E-state index in [4.69, 9.17) is 16.3 Å². The maximum absolute atomic E-state index is 13.3. The highest BCUT2D eigenvalue weighted by Gasteiger charge is 2.03. The van der Waals surface area contributed by atoms with Crippen LogP contribution in [0.25, 0.3) is 0 Å². The second kappa shape index (κ2) is 5.40. The van der Waals surface area contributed by atoms with E-state index in [1.54, 1.807) is 6.07 Å². The predicted molar refractivity (Wildman–Crippen MR) is 71.9 cm³/mol. The molecule has 0 heterocycles. The Bertz CT molecular complexity index is 566. The molecule has 2 aromatic rings. The lowest BCUT2D eigenvalue weighted by atomic mass is 10.1. The SMILES string of the molecule is Cc1ccc(Oc2cc(F)cc(CCl)c2)cc1C. The van der Waals surface area contributed by atoms with Crippen LogP contribution >= 0.6 is 11.6 Å². The van der Waals surface area contributed by atoms with E-state index in [9.17, 15) is 4.39 Å². The van der Waals surface area contributed by atoms with Crippen molar-refractivity contribution in [2.45, 2.75) is 19.7 Å². The second-order valence-corrected chi connectivity index (χ2v) is 4.54. The molecule has 3 heteroatoms. The molecular formula is C15H14ClFO. The molecule has 0 unspecified atom stereocenters. The van der Waals surface area contributed by atoms with Gasteiger partial charge >= 0.3 is 0 Å². The van der Waals surface area contributed by atoms with Crippen LogP contribution in [-0.2, 0) is 5.88 Å². The Kier molecular flexibility index (Phi) is 3.87. The molecule has 0 radical (unpaired) electrons. The molecule has 2 aromatic carbocycles. The lowest BCUT2D eigenvalue weighted by Gasteiger charge is -2.09. The largest absolute Gasteiger partial charge is 0.457 e. The average molecular weight is 265 g/mol. The molecule has 94 valence electrons. The van der Waals surface area contributed by atoms with Crippen molar-refractivity contribution in [3.8, 4) is 11.5 Å². The molecule has 0 fully saturated rings. The molecule has 0 atom stereocenters. The Morgan fingerprint density at radius 3 is 2.44 bits per heavy atom. The van der Waals surface area contributed by atoms with Gasteiger partial charge in [0.15, 0.2) is 0 Å². The molecule has 0 aliphatic heterocycles. The van der Waals surface area contributed by atoms with Crippen molar-refractivity contribution in [1.82, 2.24) is 0 Å². The standard InChI is InChI=1S/C15H14ClFO/c1-10-3-4-14(5-11(10)2)18-15-7-12(9-16)6-13(17)8-15/h3-8H,9H2,1-2H3. The minimum atomic E-state index is -0.341. The minimum absolute atomic E-state index is 0.265. The van der Waals surface area contributed by atoms with Crippen LogP contribution in [-0.4, -0.2) is 0 Å². The highest BCUT2D eigenvalue weighted by molar-refractivity contribution is 6.17. The number of halogens is 2. The summed E-state index contributed by atoms with van der Waals surface area (Å²) in [5, 5.41) is 0. The summed E-state index contributed by atoms with van der Waals surface area (Å²) in [5.41, 5.74) is 3.04. The smallest absolute Gasteiger partial charge is 0.130 e. The third kappa shape index (κ3) is 3.02. The van der Waals surface area contributed by atoms with Gasteiger partial charge in [0.1, 0.15) is 17.3 Å². The Morgan fingerprint density at radius 2 is 1.78 bits per heavy atom. The topological polar surface area (TPSA) is 9.23 Å². The van der Waals surface area contributed by atoms with Crippen LogP contribution in [0.15, 0.2) is 36.4 Å². The zero-order chi connectivity index (χ0) is 13.1. The third-order valence-corrected chi connectivity index (χ3v) is 3.11. The Labute approximate surface area is 111 Å². The molecule has 0 amide bonds. The molecule has 2 rings (SSSR count). The van der Waals surface area contributed by atoms with Gasteiger partial charge in [-0.1, -0.05) is 6.07 Å². The molecule has 0 N–H and O–H groups in total. The number of ether oxygens (including phenoxy) is 1. The van der Waals surface area contributed by atoms with Crippen LogP contribution < -0.4 is 4.74 Å². The lowest BCUT2D eigenvalue weighted by molar-refractivity contribution is 0.475. The Hall–Kier alpha value is -1.54. The average Bonchev–Trinajstić information content (AvgIpc) is 2.33. The predicted octanol–water partition coefficient (Wildman–Crippen LogP) is 4.97. The van der Waals surface area contributed by atoms with E-state index in [-0.39, 0.29) is 11.7 Å². The fraction of sp³-hybridized carbons (Fsp3) is 0.200. The van der Waals surface area contributed by atoms with Crippen LogP contribution in [0.1, 0.15) is 16.7 Å². The van der Waals surface area contributed by atoms with Gasteiger partial charge in [-0.25, -0.2) is 4.39 Å². The molecule has 0 saturated heterocycles. The minimum Gasteiger partial charge on any atom is -0.457 e. The molecule has 0 aliphatic carbocycles. The maximum atomic E-state index is 13.3. The van der Waals surface area contributed by atoms with Crippen LogP contribution in [0.3, 0.4) is 0 Å². The van der Waals surface area contributed by atoms with E-state index in [0.717, 1.165) is 5.56 Å². The molecular weight excluding hydrogens is 251 g/mol. The third-order valence-electron chi connectivity index (χ3n) is 2.80. The van der Waals surface area contributed by atoms with E-state index in [2.05, 4.69) is 0 Å². The first kappa shape index (κ1) is 12.9. The van der Waals surface area contributed by atoms with Crippen molar-refractivity contribution >= 4 is 11.6 Å². The summed E-state index contributed by atoms with van der Waals surface area (Å²) >= 11 is 5.70. The molecule has 0 aliphatic rings. The number of benzene rings is 2. The van der Waals surface area contributed by atoms with Crippen molar-refractivity contribution in [3.05, 3.63) is 58.9 Å². The van der Waals surface area contributed by atoms with Crippen LogP contribution in [0.4, 0.5) is 4.39 Å². The van der Waals surface area contributed by atoms with Gasteiger partial charge in [0.05, 0.1) is 0 Å². The number of aryl methyl sites for hydroxylation is 2. The van der Waals surface area contributed by atoms with Gasteiger partial charge in [-0.15, -0.1) is 11.6 Å². The molecule has 0 spiro atoms. The molecule has 1 nitrogen and oxygen atoms in total. The van der Waals surface area contributed by atoms with E-state index >= 15 is 0 Å². The molecule has 0 bridgehead atoms. The van der Waals surface area contributed by atoms with Gasteiger partial charge in [-0.05, 0) is 54.8 Å². The van der Waals surface area contributed by atoms with Crippen LogP contribution in [0.2, 0.25) is 0 Å². The van der Waals surface area contributed by atoms with Gasteiger partial charge < -0.3 is 4.74 Å². The Morgan fingerprint density at radius 1 is 1.00 bits per heavy atom. The number of alkyl halides is 1. The fourth-order valence-corrected chi connectivity index (χ4v) is 1.82. The molecule has 18 heavy (non-hydrogen) atoms. The highest BCUT2D eigenvalue weighted by atomic mass is 35.5. The fourth-order valence-electron chi connectivity index (χ4n) is 1.67. The normalized spacial score (nSPS) is 10.4. The number of rotatable bonds is 3. The van der Waals surface area contributed by atoms with Crippen LogP contribution in [0, 0.1) is 19.7 Å².